The summed E-state index contributed by atoms with van der Waals surface area (Å²) in [5, 5.41) is 3.27. The summed E-state index contributed by atoms with van der Waals surface area (Å²) in [5.74, 6) is 0.958. The Labute approximate surface area is 90.8 Å². The summed E-state index contributed by atoms with van der Waals surface area (Å²) in [5.41, 5.74) is 0. The lowest BCUT2D eigenvalue weighted by Crippen LogP contribution is -2.36. The average molecular weight is 206 g/mol. The van der Waals surface area contributed by atoms with E-state index in [1.165, 1.54) is 12.8 Å². The van der Waals surface area contributed by atoms with Crippen LogP contribution in [-0.2, 0) is 4.79 Å². The first kappa shape index (κ1) is 10.4. The first-order chi connectivity index (χ1) is 7.27. The van der Waals surface area contributed by atoms with Gasteiger partial charge in [-0.1, -0.05) is 12.2 Å². The molecule has 3 nitrogen and oxygen atoms in total. The molecule has 0 aromatic carbocycles. The molecule has 2 aliphatic rings. The van der Waals surface area contributed by atoms with Crippen LogP contribution in [-0.4, -0.2) is 36.0 Å². The fraction of sp³-hybridized carbons (Fsp3) is 0.583. The van der Waals surface area contributed by atoms with Crippen molar-refractivity contribution in [3.05, 3.63) is 25.3 Å². The lowest BCUT2D eigenvalue weighted by molar-refractivity contribution is -0.129. The van der Waals surface area contributed by atoms with E-state index in [0.717, 1.165) is 5.92 Å². The fourth-order valence-electron chi connectivity index (χ4n) is 2.00. The zero-order chi connectivity index (χ0) is 10.8. The third kappa shape index (κ3) is 2.29. The number of carbonyl (C=O) groups is 1. The molecule has 2 fully saturated rings. The normalized spacial score (nSPS) is 28.3. The monoisotopic (exact) mass is 206 g/mol. The molecule has 1 saturated carbocycles. The summed E-state index contributed by atoms with van der Waals surface area (Å²) in [7, 11) is 0. The highest BCUT2D eigenvalue weighted by atomic mass is 16.2. The van der Waals surface area contributed by atoms with Crippen molar-refractivity contribution in [1.29, 1.82) is 0 Å². The Hall–Kier alpha value is -1.09. The average Bonchev–Trinajstić information content (AvgIpc) is 3.04. The maximum atomic E-state index is 12.0. The summed E-state index contributed by atoms with van der Waals surface area (Å²) < 4.78 is 0. The highest BCUT2D eigenvalue weighted by Crippen LogP contribution is 2.39. The molecule has 3 heteroatoms. The molecule has 0 spiro atoms. The van der Waals surface area contributed by atoms with Crippen LogP contribution in [0.25, 0.3) is 0 Å². The van der Waals surface area contributed by atoms with E-state index in [2.05, 4.69) is 18.5 Å². The van der Waals surface area contributed by atoms with Crippen LogP contribution in [0.4, 0.5) is 0 Å². The molecule has 1 aliphatic carbocycles. The molecule has 0 radical (unpaired) electrons. The van der Waals surface area contributed by atoms with Crippen molar-refractivity contribution in [2.45, 2.75) is 24.9 Å². The fourth-order valence-corrected chi connectivity index (χ4v) is 2.00. The van der Waals surface area contributed by atoms with Crippen molar-refractivity contribution in [3.8, 4) is 0 Å². The van der Waals surface area contributed by atoms with Crippen molar-refractivity contribution in [1.82, 2.24) is 10.2 Å². The van der Waals surface area contributed by atoms with Crippen LogP contribution in [0.1, 0.15) is 12.8 Å². The quantitative estimate of drug-likeness (QED) is 0.519. The number of hydrogen-bond donors (Lipinski definition) is 1. The maximum Gasteiger partial charge on any atom is 0.241 e. The van der Waals surface area contributed by atoms with Gasteiger partial charge < -0.3 is 4.90 Å². The maximum absolute atomic E-state index is 12.0. The van der Waals surface area contributed by atoms with E-state index in [9.17, 15) is 4.79 Å². The molecule has 1 heterocycles. The van der Waals surface area contributed by atoms with Gasteiger partial charge in [-0.3, -0.25) is 10.1 Å². The van der Waals surface area contributed by atoms with Crippen LogP contribution in [0.2, 0.25) is 0 Å². The number of nitrogens with zero attached hydrogens (tertiary/aromatic N) is 1. The first-order valence-corrected chi connectivity index (χ1v) is 5.54. The van der Waals surface area contributed by atoms with Crippen molar-refractivity contribution in [3.63, 3.8) is 0 Å². The second kappa shape index (κ2) is 4.19. The minimum atomic E-state index is 0.0670. The molecular weight excluding hydrogens is 188 g/mol. The van der Waals surface area contributed by atoms with Crippen LogP contribution in [0, 0.1) is 5.92 Å². The summed E-state index contributed by atoms with van der Waals surface area (Å²) in [6, 6.07) is 0.520. The number of amides is 1. The van der Waals surface area contributed by atoms with Crippen molar-refractivity contribution < 1.29 is 4.79 Å². The molecule has 1 amide bonds. The van der Waals surface area contributed by atoms with Crippen LogP contribution in [0.15, 0.2) is 25.3 Å². The van der Waals surface area contributed by atoms with E-state index in [4.69, 9.17) is 0 Å². The predicted octanol–water partition coefficient (Wildman–Crippen LogP) is 0.937. The second-order valence-corrected chi connectivity index (χ2v) is 4.33. The molecule has 1 saturated heterocycles. The molecule has 1 N–H and O–H groups in total. The van der Waals surface area contributed by atoms with Gasteiger partial charge >= 0.3 is 0 Å². The van der Waals surface area contributed by atoms with Gasteiger partial charge in [-0.15, -0.1) is 13.2 Å². The lowest BCUT2D eigenvalue weighted by atomic mass is 10.2. The molecule has 0 aromatic rings. The summed E-state index contributed by atoms with van der Waals surface area (Å²) in [6.07, 6.45) is 6.08. The summed E-state index contributed by atoms with van der Waals surface area (Å²) in [4.78, 5) is 13.8. The van der Waals surface area contributed by atoms with Gasteiger partial charge in [-0.25, -0.2) is 0 Å². The van der Waals surface area contributed by atoms with Gasteiger partial charge in [0.25, 0.3) is 0 Å². The van der Waals surface area contributed by atoms with Crippen LogP contribution < -0.4 is 5.32 Å². The van der Waals surface area contributed by atoms with E-state index in [1.54, 1.807) is 17.1 Å². The number of hydrogen-bond acceptors (Lipinski definition) is 2. The standard InChI is InChI=1S/C12H18N2O/c1-3-7-14(8-4-2)12(15)11-10(13-11)9-5-6-9/h3-4,9-11,13H,1-2,5-8H2. The Morgan fingerprint density at radius 1 is 1.33 bits per heavy atom. The largest absolute Gasteiger partial charge is 0.334 e. The van der Waals surface area contributed by atoms with Gasteiger partial charge in [-0.2, -0.15) is 0 Å². The highest BCUT2D eigenvalue weighted by molar-refractivity contribution is 5.86. The van der Waals surface area contributed by atoms with Crippen LogP contribution >= 0.6 is 0 Å². The van der Waals surface area contributed by atoms with Gasteiger partial charge in [-0.05, 0) is 18.8 Å². The SMILES string of the molecule is C=CCN(CC=C)C(=O)C1NC1C1CC1. The predicted molar refractivity (Wildman–Crippen MR) is 60.4 cm³/mol. The topological polar surface area (TPSA) is 42.2 Å². The Morgan fingerprint density at radius 2 is 1.93 bits per heavy atom. The molecule has 2 unspecified atom stereocenters. The Morgan fingerprint density at radius 3 is 2.40 bits per heavy atom. The Kier molecular flexibility index (Phi) is 2.91. The first-order valence-electron chi connectivity index (χ1n) is 5.54. The van der Waals surface area contributed by atoms with Gasteiger partial charge in [0.1, 0.15) is 6.04 Å². The number of rotatable bonds is 6. The second-order valence-electron chi connectivity index (χ2n) is 4.33. The Balaban J connectivity index is 1.86. The zero-order valence-electron chi connectivity index (χ0n) is 8.98. The van der Waals surface area contributed by atoms with E-state index >= 15 is 0 Å². The van der Waals surface area contributed by atoms with Crippen LogP contribution in [0.5, 0.6) is 0 Å². The summed E-state index contributed by atoms with van der Waals surface area (Å²) in [6.45, 7) is 8.55. The molecule has 0 aromatic heterocycles. The smallest absolute Gasteiger partial charge is 0.241 e. The third-order valence-corrected chi connectivity index (χ3v) is 3.03. The molecule has 15 heavy (non-hydrogen) atoms. The van der Waals surface area contributed by atoms with Crippen molar-refractivity contribution >= 4 is 5.91 Å². The van der Waals surface area contributed by atoms with Gasteiger partial charge in [0, 0.05) is 19.1 Å². The number of nitrogens with one attached hydrogen (secondary N) is 1. The summed E-state index contributed by atoms with van der Waals surface area (Å²) >= 11 is 0. The van der Waals surface area contributed by atoms with E-state index in [-0.39, 0.29) is 11.9 Å². The lowest BCUT2D eigenvalue weighted by Gasteiger charge is -2.18. The van der Waals surface area contributed by atoms with Crippen molar-refractivity contribution in [2.24, 2.45) is 5.92 Å². The Bertz CT molecular complexity index is 273. The van der Waals surface area contributed by atoms with Gasteiger partial charge in [0.2, 0.25) is 5.91 Å². The van der Waals surface area contributed by atoms with E-state index in [0.29, 0.717) is 19.1 Å². The highest BCUT2D eigenvalue weighted by Gasteiger charge is 2.51. The minimum Gasteiger partial charge on any atom is -0.334 e. The minimum absolute atomic E-state index is 0.0670. The van der Waals surface area contributed by atoms with Crippen molar-refractivity contribution in [2.75, 3.05) is 13.1 Å². The van der Waals surface area contributed by atoms with Gasteiger partial charge in [0.15, 0.2) is 0 Å². The van der Waals surface area contributed by atoms with Gasteiger partial charge in [0.05, 0.1) is 0 Å². The molecular formula is C12H18N2O. The zero-order valence-corrected chi connectivity index (χ0v) is 8.98. The van der Waals surface area contributed by atoms with E-state index < -0.39 is 0 Å². The molecule has 0 bridgehead atoms. The van der Waals surface area contributed by atoms with E-state index in [1.807, 2.05) is 0 Å². The molecule has 82 valence electrons. The van der Waals surface area contributed by atoms with Crippen LogP contribution in [0.3, 0.4) is 0 Å². The molecule has 1 aliphatic heterocycles. The number of carbonyl (C=O) groups excluding carboxylic acids is 1. The molecule has 2 atom stereocenters. The molecule has 2 rings (SSSR count). The third-order valence-electron chi connectivity index (χ3n) is 3.03.